The van der Waals surface area contributed by atoms with Crippen LogP contribution in [0.15, 0.2) is 60.3 Å². The van der Waals surface area contributed by atoms with Gasteiger partial charge in [0.25, 0.3) is 0 Å². The van der Waals surface area contributed by atoms with Crippen LogP contribution in [0, 0.1) is 17.1 Å². The van der Waals surface area contributed by atoms with Crippen molar-refractivity contribution in [1.29, 1.82) is 5.26 Å². The van der Waals surface area contributed by atoms with Gasteiger partial charge in [-0.15, -0.1) is 0 Å². The minimum atomic E-state index is -0.361. The van der Waals surface area contributed by atoms with Gasteiger partial charge in [0.2, 0.25) is 0 Å². The second-order valence-corrected chi connectivity index (χ2v) is 9.44. The highest BCUT2D eigenvalue weighted by molar-refractivity contribution is 6.30. The molecule has 0 saturated heterocycles. The molecule has 0 bridgehead atoms. The first kappa shape index (κ1) is 20.9. The highest BCUT2D eigenvalue weighted by Crippen LogP contribution is 2.43. The average Bonchev–Trinajstić information content (AvgIpc) is 3.63. The number of hydrogen-bond donors (Lipinski definition) is 0. The summed E-state index contributed by atoms with van der Waals surface area (Å²) in [5, 5.41) is 10.4. The molecule has 2 aromatic heterocycles. The maximum atomic E-state index is 13.9. The molecule has 3 heterocycles. The van der Waals surface area contributed by atoms with Crippen molar-refractivity contribution < 1.29 is 9.13 Å². The molecule has 1 aliphatic heterocycles. The van der Waals surface area contributed by atoms with Gasteiger partial charge in [0.15, 0.2) is 0 Å². The fraction of sp³-hybridized carbons (Fsp3) is 0.214. The summed E-state index contributed by atoms with van der Waals surface area (Å²) in [7, 11) is 0. The smallest absolute Gasteiger partial charge is 0.138 e. The zero-order chi connectivity index (χ0) is 23.4. The summed E-state index contributed by atoms with van der Waals surface area (Å²) in [6.45, 7) is 2.09. The monoisotopic (exact) mass is 469 g/mol. The number of hydrogen-bond acceptors (Lipinski definition) is 3. The molecule has 6 heteroatoms. The Bertz CT molecular complexity index is 1540. The van der Waals surface area contributed by atoms with Crippen LogP contribution >= 0.6 is 11.6 Å². The quantitative estimate of drug-likeness (QED) is 0.309. The van der Waals surface area contributed by atoms with E-state index in [2.05, 4.69) is 28.7 Å². The maximum absolute atomic E-state index is 13.9. The van der Waals surface area contributed by atoms with E-state index in [1.807, 2.05) is 18.3 Å². The third-order valence-corrected chi connectivity index (χ3v) is 6.87. The van der Waals surface area contributed by atoms with Crippen LogP contribution in [0.4, 0.5) is 4.39 Å². The minimum absolute atomic E-state index is 0.306. The van der Waals surface area contributed by atoms with Crippen LogP contribution in [0.2, 0.25) is 5.02 Å². The lowest BCUT2D eigenvalue weighted by Gasteiger charge is -2.13. The Morgan fingerprint density at radius 3 is 2.79 bits per heavy atom. The van der Waals surface area contributed by atoms with Crippen molar-refractivity contribution in [2.24, 2.45) is 0 Å². The molecule has 4 nitrogen and oxygen atoms in total. The molecule has 2 aliphatic rings. The van der Waals surface area contributed by atoms with E-state index in [0.717, 1.165) is 45.6 Å². The molecule has 0 spiro atoms. The standard InChI is InChI=1S/C28H21ClFN3O/c1-16(14-31)27-22-6-2-17(10-19(22)15-34-25-13-21(30)5-7-23(25)27)11-24-28(18-3-4-18)32-26-12-20(29)8-9-33(24)26/h2,5-10,12-13,18H,3-4,11,15H2,1H3/b27-16+. The van der Waals surface area contributed by atoms with Gasteiger partial charge in [0.05, 0.1) is 17.5 Å². The fourth-order valence-electron chi connectivity index (χ4n) is 4.84. The molecular weight excluding hydrogens is 449 g/mol. The molecule has 2 aromatic carbocycles. The summed E-state index contributed by atoms with van der Waals surface area (Å²) in [6, 6.07) is 16.8. The van der Waals surface area contributed by atoms with E-state index in [0.29, 0.717) is 28.9 Å². The van der Waals surface area contributed by atoms with Gasteiger partial charge in [-0.05, 0) is 54.7 Å². The van der Waals surface area contributed by atoms with Crippen LogP contribution in [-0.2, 0) is 13.0 Å². The number of pyridine rings is 1. The Morgan fingerprint density at radius 1 is 1.18 bits per heavy atom. The lowest BCUT2D eigenvalue weighted by atomic mass is 9.89. The fourth-order valence-corrected chi connectivity index (χ4v) is 5.00. The molecule has 1 saturated carbocycles. The van der Waals surface area contributed by atoms with Crippen molar-refractivity contribution in [2.75, 3.05) is 0 Å². The third kappa shape index (κ3) is 3.55. The van der Waals surface area contributed by atoms with Crippen molar-refractivity contribution >= 4 is 22.8 Å². The first-order valence-corrected chi connectivity index (χ1v) is 11.7. The number of fused-ring (bicyclic) bond motifs is 3. The van der Waals surface area contributed by atoms with Gasteiger partial charge in [-0.3, -0.25) is 0 Å². The Morgan fingerprint density at radius 2 is 2.00 bits per heavy atom. The van der Waals surface area contributed by atoms with Crippen LogP contribution in [0.5, 0.6) is 5.75 Å². The zero-order valence-corrected chi connectivity index (χ0v) is 19.4. The predicted molar refractivity (Wildman–Crippen MR) is 129 cm³/mol. The van der Waals surface area contributed by atoms with Crippen LogP contribution in [0.3, 0.4) is 0 Å². The van der Waals surface area contributed by atoms with Gasteiger partial charge in [0, 0.05) is 52.4 Å². The van der Waals surface area contributed by atoms with Gasteiger partial charge in [-0.25, -0.2) is 9.37 Å². The molecule has 0 amide bonds. The molecule has 1 aliphatic carbocycles. The average molecular weight is 470 g/mol. The van der Waals surface area contributed by atoms with E-state index < -0.39 is 0 Å². The minimum Gasteiger partial charge on any atom is -0.488 e. The van der Waals surface area contributed by atoms with E-state index in [4.69, 9.17) is 21.3 Å². The van der Waals surface area contributed by atoms with Crippen LogP contribution in [0.25, 0.3) is 11.2 Å². The molecule has 34 heavy (non-hydrogen) atoms. The largest absolute Gasteiger partial charge is 0.488 e. The van der Waals surface area contributed by atoms with Crippen molar-refractivity contribution in [1.82, 2.24) is 9.38 Å². The lowest BCUT2D eigenvalue weighted by molar-refractivity contribution is 0.305. The molecule has 0 atom stereocenters. The Labute approximate surface area is 201 Å². The van der Waals surface area contributed by atoms with Gasteiger partial charge in [0.1, 0.15) is 23.8 Å². The summed E-state index contributed by atoms with van der Waals surface area (Å²) < 4.78 is 22.1. The lowest BCUT2D eigenvalue weighted by Crippen LogP contribution is -2.02. The summed E-state index contributed by atoms with van der Waals surface area (Å²) in [5.74, 6) is 0.603. The van der Waals surface area contributed by atoms with E-state index in [1.165, 1.54) is 30.7 Å². The summed E-state index contributed by atoms with van der Waals surface area (Å²) >= 11 is 6.21. The van der Waals surface area contributed by atoms with Crippen molar-refractivity contribution in [2.45, 2.75) is 38.7 Å². The number of allylic oxidation sites excluding steroid dienone is 1. The first-order chi connectivity index (χ1) is 16.5. The number of nitrogens with zero attached hydrogens (tertiary/aromatic N) is 3. The molecule has 6 rings (SSSR count). The topological polar surface area (TPSA) is 50.3 Å². The number of nitriles is 1. The molecule has 0 N–H and O–H groups in total. The summed E-state index contributed by atoms with van der Waals surface area (Å²) in [6.07, 6.45) is 5.04. The van der Waals surface area contributed by atoms with E-state index in [1.54, 1.807) is 13.0 Å². The Hall–Kier alpha value is -3.62. The molecule has 168 valence electrons. The van der Waals surface area contributed by atoms with E-state index in [9.17, 15) is 9.65 Å². The molecule has 1 fully saturated rings. The second kappa shape index (κ2) is 8.00. The highest BCUT2D eigenvalue weighted by Gasteiger charge is 2.30. The number of benzene rings is 2. The summed E-state index contributed by atoms with van der Waals surface area (Å²) in [5.41, 5.74) is 8.35. The molecule has 4 aromatic rings. The first-order valence-electron chi connectivity index (χ1n) is 11.3. The van der Waals surface area contributed by atoms with Crippen LogP contribution < -0.4 is 4.74 Å². The number of rotatable bonds is 3. The predicted octanol–water partition coefficient (Wildman–Crippen LogP) is 6.83. The molecular formula is C28H21ClFN3O. The molecule has 0 radical (unpaired) electrons. The van der Waals surface area contributed by atoms with E-state index in [-0.39, 0.29) is 5.82 Å². The Kier molecular flexibility index (Phi) is 4.93. The number of imidazole rings is 1. The zero-order valence-electron chi connectivity index (χ0n) is 18.6. The van der Waals surface area contributed by atoms with Gasteiger partial charge < -0.3 is 9.14 Å². The Balaban J connectivity index is 1.45. The summed E-state index contributed by atoms with van der Waals surface area (Å²) in [4.78, 5) is 4.89. The normalized spacial score (nSPS) is 16.3. The highest BCUT2D eigenvalue weighted by atomic mass is 35.5. The number of ether oxygens (including phenoxy) is 1. The molecule has 0 unspecified atom stereocenters. The van der Waals surface area contributed by atoms with Gasteiger partial charge in [-0.1, -0.05) is 29.8 Å². The third-order valence-electron chi connectivity index (χ3n) is 6.63. The SMILES string of the molecule is C/C(C#N)=C1/c2ccc(Cc3c(C4CC4)nc4cc(Cl)ccn34)cc2COc2cc(F)ccc21. The number of halogens is 2. The van der Waals surface area contributed by atoms with Gasteiger partial charge >= 0.3 is 0 Å². The maximum Gasteiger partial charge on any atom is 0.138 e. The van der Waals surface area contributed by atoms with Crippen molar-refractivity contribution in [3.63, 3.8) is 0 Å². The number of aromatic nitrogens is 2. The van der Waals surface area contributed by atoms with Crippen LogP contribution in [-0.4, -0.2) is 9.38 Å². The van der Waals surface area contributed by atoms with Crippen LogP contribution in [0.1, 0.15) is 59.3 Å². The van der Waals surface area contributed by atoms with Crippen molar-refractivity contribution in [3.05, 3.63) is 105 Å². The van der Waals surface area contributed by atoms with Crippen molar-refractivity contribution in [3.8, 4) is 11.8 Å². The van der Waals surface area contributed by atoms with Gasteiger partial charge in [-0.2, -0.15) is 5.26 Å². The van der Waals surface area contributed by atoms with E-state index >= 15 is 0 Å². The second-order valence-electron chi connectivity index (χ2n) is 9.00.